The van der Waals surface area contributed by atoms with Gasteiger partial charge in [-0.1, -0.05) is 24.2 Å². The van der Waals surface area contributed by atoms with Crippen LogP contribution < -0.4 is 9.64 Å². The van der Waals surface area contributed by atoms with Crippen LogP contribution in [0, 0.1) is 0 Å². The Kier molecular flexibility index (Phi) is 5.16. The van der Waals surface area contributed by atoms with E-state index in [0.717, 1.165) is 18.1 Å². The molecule has 134 valence electrons. The van der Waals surface area contributed by atoms with E-state index in [1.54, 1.807) is 11.6 Å². The maximum atomic E-state index is 12.6. The van der Waals surface area contributed by atoms with Crippen LogP contribution >= 0.6 is 0 Å². The Morgan fingerprint density at radius 2 is 1.88 bits per heavy atom. The minimum atomic E-state index is -0.504. The number of amides is 1. The van der Waals surface area contributed by atoms with E-state index in [9.17, 15) is 4.79 Å². The number of aryl methyl sites for hydroxylation is 2. The fourth-order valence-electron chi connectivity index (χ4n) is 2.93. The molecule has 1 aliphatic heterocycles. The second-order valence-corrected chi connectivity index (χ2v) is 6.17. The van der Waals surface area contributed by atoms with Gasteiger partial charge in [0.25, 0.3) is 5.91 Å². The SMILES string of the molecule is CCc1ccc(OC(C)C(=O)N2CCN(c3nnnn3C)CC2)cc1. The molecule has 3 rings (SSSR count). The van der Waals surface area contributed by atoms with Crippen molar-refractivity contribution in [3.8, 4) is 5.75 Å². The van der Waals surface area contributed by atoms with Crippen molar-refractivity contribution in [1.82, 2.24) is 25.1 Å². The quantitative estimate of drug-likeness (QED) is 0.802. The molecular weight excluding hydrogens is 320 g/mol. The highest BCUT2D eigenvalue weighted by molar-refractivity contribution is 5.81. The van der Waals surface area contributed by atoms with Crippen molar-refractivity contribution < 1.29 is 9.53 Å². The van der Waals surface area contributed by atoms with Gasteiger partial charge in [-0.15, -0.1) is 0 Å². The molecule has 2 heterocycles. The van der Waals surface area contributed by atoms with Gasteiger partial charge in [0.05, 0.1) is 0 Å². The molecule has 1 fully saturated rings. The van der Waals surface area contributed by atoms with Crippen LogP contribution in [0.15, 0.2) is 24.3 Å². The van der Waals surface area contributed by atoms with E-state index in [0.29, 0.717) is 26.2 Å². The van der Waals surface area contributed by atoms with Crippen molar-refractivity contribution in [1.29, 1.82) is 0 Å². The number of anilines is 1. The molecule has 0 saturated carbocycles. The summed E-state index contributed by atoms with van der Waals surface area (Å²) in [5.41, 5.74) is 1.25. The summed E-state index contributed by atoms with van der Waals surface area (Å²) in [6.45, 7) is 6.59. The van der Waals surface area contributed by atoms with Crippen molar-refractivity contribution in [2.75, 3.05) is 31.1 Å². The Hall–Kier alpha value is -2.64. The van der Waals surface area contributed by atoms with Gasteiger partial charge >= 0.3 is 0 Å². The highest BCUT2D eigenvalue weighted by Crippen LogP contribution is 2.16. The molecule has 1 aromatic heterocycles. The molecule has 0 spiro atoms. The summed E-state index contributed by atoms with van der Waals surface area (Å²) >= 11 is 0. The van der Waals surface area contributed by atoms with E-state index in [-0.39, 0.29) is 5.91 Å². The zero-order valence-corrected chi connectivity index (χ0v) is 14.9. The van der Waals surface area contributed by atoms with Crippen LogP contribution in [0.3, 0.4) is 0 Å². The molecule has 1 amide bonds. The molecule has 0 aliphatic carbocycles. The summed E-state index contributed by atoms with van der Waals surface area (Å²) in [7, 11) is 1.81. The monoisotopic (exact) mass is 344 g/mol. The fourth-order valence-corrected chi connectivity index (χ4v) is 2.93. The molecule has 8 heteroatoms. The van der Waals surface area contributed by atoms with Crippen molar-refractivity contribution in [3.63, 3.8) is 0 Å². The summed E-state index contributed by atoms with van der Waals surface area (Å²) in [6.07, 6.45) is 0.482. The lowest BCUT2D eigenvalue weighted by Crippen LogP contribution is -2.52. The summed E-state index contributed by atoms with van der Waals surface area (Å²) in [6, 6.07) is 7.89. The van der Waals surface area contributed by atoms with Gasteiger partial charge in [-0.2, -0.15) is 0 Å². The number of piperazine rings is 1. The second kappa shape index (κ2) is 7.50. The van der Waals surface area contributed by atoms with Crippen LogP contribution in [0.1, 0.15) is 19.4 Å². The highest BCUT2D eigenvalue weighted by Gasteiger charge is 2.27. The number of aromatic nitrogens is 4. The van der Waals surface area contributed by atoms with Crippen molar-refractivity contribution in [2.45, 2.75) is 26.4 Å². The number of hydrogen-bond acceptors (Lipinski definition) is 6. The van der Waals surface area contributed by atoms with Crippen molar-refractivity contribution in [2.24, 2.45) is 7.05 Å². The third kappa shape index (κ3) is 3.89. The molecule has 1 aliphatic rings. The molecular formula is C17H24N6O2. The molecule has 1 unspecified atom stereocenters. The summed E-state index contributed by atoms with van der Waals surface area (Å²) in [5.74, 6) is 1.46. The lowest BCUT2D eigenvalue weighted by molar-refractivity contribution is -0.138. The Bertz CT molecular complexity index is 706. The van der Waals surface area contributed by atoms with Crippen LogP contribution in [0.25, 0.3) is 0 Å². The average molecular weight is 344 g/mol. The standard InChI is InChI=1S/C17H24N6O2/c1-4-14-5-7-15(8-6-14)25-13(2)16(24)22-9-11-23(12-10-22)17-18-19-20-21(17)3/h5-8,13H,4,9-12H2,1-3H3. The van der Waals surface area contributed by atoms with Gasteiger partial charge in [0.2, 0.25) is 5.95 Å². The molecule has 0 N–H and O–H groups in total. The third-order valence-electron chi connectivity index (χ3n) is 4.46. The molecule has 2 aromatic rings. The first-order chi connectivity index (χ1) is 12.1. The Morgan fingerprint density at radius 1 is 1.20 bits per heavy atom. The Labute approximate surface area is 147 Å². The number of carbonyl (C=O) groups is 1. The lowest BCUT2D eigenvalue weighted by atomic mass is 10.2. The zero-order valence-electron chi connectivity index (χ0n) is 14.9. The molecule has 1 aromatic carbocycles. The number of ether oxygens (including phenoxy) is 1. The van der Waals surface area contributed by atoms with Crippen LogP contribution in [0.5, 0.6) is 5.75 Å². The van der Waals surface area contributed by atoms with E-state index in [1.807, 2.05) is 36.2 Å². The van der Waals surface area contributed by atoms with Crippen LogP contribution in [-0.4, -0.2) is 63.3 Å². The number of carbonyl (C=O) groups excluding carboxylic acids is 1. The molecule has 25 heavy (non-hydrogen) atoms. The zero-order chi connectivity index (χ0) is 17.8. The predicted octanol–water partition coefficient (Wildman–Crippen LogP) is 0.889. The maximum absolute atomic E-state index is 12.6. The maximum Gasteiger partial charge on any atom is 0.263 e. The van der Waals surface area contributed by atoms with Gasteiger partial charge in [0.15, 0.2) is 6.10 Å². The highest BCUT2D eigenvalue weighted by atomic mass is 16.5. The van der Waals surface area contributed by atoms with Gasteiger partial charge in [-0.3, -0.25) is 4.79 Å². The number of benzene rings is 1. The normalized spacial score (nSPS) is 16.0. The molecule has 1 saturated heterocycles. The third-order valence-corrected chi connectivity index (χ3v) is 4.46. The largest absolute Gasteiger partial charge is 0.481 e. The van der Waals surface area contributed by atoms with Crippen molar-refractivity contribution in [3.05, 3.63) is 29.8 Å². The van der Waals surface area contributed by atoms with E-state index in [4.69, 9.17) is 4.74 Å². The Balaban J connectivity index is 1.53. The van der Waals surface area contributed by atoms with Gasteiger partial charge in [-0.25, -0.2) is 4.68 Å². The van der Waals surface area contributed by atoms with Crippen LogP contribution in [-0.2, 0) is 18.3 Å². The van der Waals surface area contributed by atoms with Gasteiger partial charge in [0, 0.05) is 33.2 Å². The number of rotatable bonds is 5. The second-order valence-electron chi connectivity index (χ2n) is 6.17. The Morgan fingerprint density at radius 3 is 2.44 bits per heavy atom. The first kappa shape index (κ1) is 17.2. The predicted molar refractivity (Wildman–Crippen MR) is 93.5 cm³/mol. The molecule has 0 bridgehead atoms. The fraction of sp³-hybridized carbons (Fsp3) is 0.529. The smallest absolute Gasteiger partial charge is 0.263 e. The average Bonchev–Trinajstić information content (AvgIpc) is 3.08. The number of tetrazole rings is 1. The summed E-state index contributed by atoms with van der Waals surface area (Å²) in [4.78, 5) is 16.5. The van der Waals surface area contributed by atoms with E-state index in [2.05, 4.69) is 27.3 Å². The minimum Gasteiger partial charge on any atom is -0.481 e. The number of nitrogens with zero attached hydrogens (tertiary/aromatic N) is 6. The van der Waals surface area contributed by atoms with Gasteiger partial charge in [-0.05, 0) is 41.5 Å². The minimum absolute atomic E-state index is 0.00954. The first-order valence-electron chi connectivity index (χ1n) is 8.60. The van der Waals surface area contributed by atoms with Gasteiger partial charge < -0.3 is 14.5 Å². The summed E-state index contributed by atoms with van der Waals surface area (Å²) in [5, 5.41) is 11.5. The van der Waals surface area contributed by atoms with E-state index >= 15 is 0 Å². The topological polar surface area (TPSA) is 76.4 Å². The lowest BCUT2D eigenvalue weighted by Gasteiger charge is -2.35. The molecule has 1 atom stereocenters. The van der Waals surface area contributed by atoms with Crippen molar-refractivity contribution >= 4 is 11.9 Å². The van der Waals surface area contributed by atoms with E-state index in [1.165, 1.54) is 5.56 Å². The first-order valence-corrected chi connectivity index (χ1v) is 8.60. The van der Waals surface area contributed by atoms with Crippen LogP contribution in [0.2, 0.25) is 0 Å². The van der Waals surface area contributed by atoms with Gasteiger partial charge in [0.1, 0.15) is 5.75 Å². The van der Waals surface area contributed by atoms with E-state index < -0.39 is 6.10 Å². The molecule has 0 radical (unpaired) electrons. The number of hydrogen-bond donors (Lipinski definition) is 0. The summed E-state index contributed by atoms with van der Waals surface area (Å²) < 4.78 is 7.45. The van der Waals surface area contributed by atoms with Crippen LogP contribution in [0.4, 0.5) is 5.95 Å². The molecule has 8 nitrogen and oxygen atoms in total.